The number of para-hydroxylation sites is 1. The maximum atomic E-state index is 13.6. The molecule has 0 atom stereocenters. The molecule has 0 aliphatic rings. The summed E-state index contributed by atoms with van der Waals surface area (Å²) in [4.78, 5) is 12.2. The van der Waals surface area contributed by atoms with Crippen molar-refractivity contribution in [3.63, 3.8) is 0 Å². The fraction of sp³-hybridized carbons (Fsp3) is 0.188. The van der Waals surface area contributed by atoms with Crippen molar-refractivity contribution in [2.75, 3.05) is 5.43 Å². The van der Waals surface area contributed by atoms with E-state index in [9.17, 15) is 9.18 Å². The Morgan fingerprint density at radius 1 is 1.19 bits per heavy atom. The first-order valence-corrected chi connectivity index (χ1v) is 6.62. The third-order valence-electron chi connectivity index (χ3n) is 3.28. The minimum Gasteiger partial charge on any atom is -0.348 e. The Morgan fingerprint density at radius 3 is 2.43 bits per heavy atom. The summed E-state index contributed by atoms with van der Waals surface area (Å²) in [5, 5.41) is 2.81. The molecule has 110 valence electrons. The zero-order valence-corrected chi connectivity index (χ0v) is 12.0. The molecule has 5 heteroatoms. The van der Waals surface area contributed by atoms with Crippen LogP contribution < -0.4 is 16.6 Å². The molecule has 4 nitrogen and oxygen atoms in total. The molecule has 0 heterocycles. The Hall–Kier alpha value is -2.40. The number of amides is 1. The van der Waals surface area contributed by atoms with Gasteiger partial charge in [-0.25, -0.2) is 4.39 Å². The molecule has 0 aliphatic carbocycles. The lowest BCUT2D eigenvalue weighted by Gasteiger charge is -2.11. The van der Waals surface area contributed by atoms with Crippen molar-refractivity contribution in [3.8, 4) is 0 Å². The molecule has 0 aliphatic heterocycles. The first-order valence-electron chi connectivity index (χ1n) is 6.62. The van der Waals surface area contributed by atoms with Crippen molar-refractivity contribution in [3.05, 3.63) is 64.5 Å². The van der Waals surface area contributed by atoms with Crippen molar-refractivity contribution < 1.29 is 9.18 Å². The van der Waals surface area contributed by atoms with Gasteiger partial charge < -0.3 is 10.7 Å². The van der Waals surface area contributed by atoms with Crippen LogP contribution in [0.1, 0.15) is 27.0 Å². The lowest BCUT2D eigenvalue weighted by Crippen LogP contribution is -2.24. The first-order chi connectivity index (χ1) is 10.0. The van der Waals surface area contributed by atoms with Crippen LogP contribution in [0.4, 0.5) is 10.1 Å². The van der Waals surface area contributed by atoms with Crippen molar-refractivity contribution >= 4 is 11.6 Å². The smallest absolute Gasteiger partial charge is 0.253 e. The molecule has 0 spiro atoms. The van der Waals surface area contributed by atoms with E-state index >= 15 is 0 Å². The van der Waals surface area contributed by atoms with Gasteiger partial charge in [0.2, 0.25) is 0 Å². The minimum absolute atomic E-state index is 0.206. The van der Waals surface area contributed by atoms with Gasteiger partial charge in [-0.2, -0.15) is 0 Å². The Kier molecular flexibility index (Phi) is 4.55. The summed E-state index contributed by atoms with van der Waals surface area (Å²) in [5.74, 6) is 4.94. The van der Waals surface area contributed by atoms with Gasteiger partial charge in [0.05, 0.1) is 11.3 Å². The van der Waals surface area contributed by atoms with E-state index in [0.29, 0.717) is 28.9 Å². The molecule has 0 unspecified atom stereocenters. The Morgan fingerprint density at radius 2 is 1.81 bits per heavy atom. The van der Waals surface area contributed by atoms with Gasteiger partial charge in [0.25, 0.3) is 5.91 Å². The van der Waals surface area contributed by atoms with Crippen LogP contribution in [0.15, 0.2) is 36.4 Å². The molecular weight excluding hydrogens is 269 g/mol. The summed E-state index contributed by atoms with van der Waals surface area (Å²) < 4.78 is 13.6. The highest BCUT2D eigenvalue weighted by Gasteiger charge is 2.10. The molecule has 21 heavy (non-hydrogen) atoms. The molecule has 0 fully saturated rings. The molecule has 1 amide bonds. The van der Waals surface area contributed by atoms with E-state index < -0.39 is 0 Å². The molecule has 0 radical (unpaired) electrons. The number of hydrazine groups is 1. The van der Waals surface area contributed by atoms with E-state index in [-0.39, 0.29) is 11.7 Å². The van der Waals surface area contributed by atoms with Crippen molar-refractivity contribution in [2.24, 2.45) is 5.84 Å². The number of nitrogen functional groups attached to an aromatic ring is 1. The first kappa shape index (κ1) is 15.0. The van der Waals surface area contributed by atoms with Gasteiger partial charge >= 0.3 is 0 Å². The monoisotopic (exact) mass is 287 g/mol. The van der Waals surface area contributed by atoms with E-state index in [2.05, 4.69) is 10.7 Å². The highest BCUT2D eigenvalue weighted by molar-refractivity contribution is 5.99. The topological polar surface area (TPSA) is 67.2 Å². The summed E-state index contributed by atoms with van der Waals surface area (Å²) >= 11 is 0. The normalized spacial score (nSPS) is 10.3. The molecule has 2 aromatic rings. The number of carbonyl (C=O) groups excluding carboxylic acids is 1. The predicted octanol–water partition coefficient (Wildman–Crippen LogP) is 2.66. The average molecular weight is 287 g/mol. The fourth-order valence-corrected chi connectivity index (χ4v) is 2.22. The van der Waals surface area contributed by atoms with Crippen LogP contribution in [0.2, 0.25) is 0 Å². The Bertz CT molecular complexity index is 647. The van der Waals surface area contributed by atoms with Gasteiger partial charge in [0, 0.05) is 6.54 Å². The average Bonchev–Trinajstić information content (AvgIpc) is 2.50. The standard InChI is InChI=1S/C16H18FN3O/c1-10-7-12(8-11(2)15(10)17)9-19-16(21)13-5-3-4-6-14(13)20-18/h3-8,20H,9,18H2,1-2H3,(H,19,21). The van der Waals surface area contributed by atoms with Crippen LogP contribution in [0.5, 0.6) is 0 Å². The molecule has 0 saturated carbocycles. The quantitative estimate of drug-likeness (QED) is 0.598. The lowest BCUT2D eigenvalue weighted by molar-refractivity contribution is 0.0951. The largest absolute Gasteiger partial charge is 0.348 e. The van der Waals surface area contributed by atoms with Crippen LogP contribution in [0.25, 0.3) is 0 Å². The zero-order chi connectivity index (χ0) is 15.4. The van der Waals surface area contributed by atoms with Crippen LogP contribution in [-0.2, 0) is 6.54 Å². The number of nitrogens with two attached hydrogens (primary N) is 1. The summed E-state index contributed by atoms with van der Waals surface area (Å²) in [6.07, 6.45) is 0. The van der Waals surface area contributed by atoms with Gasteiger partial charge in [0.1, 0.15) is 5.82 Å². The number of aryl methyl sites for hydroxylation is 2. The fourth-order valence-electron chi connectivity index (χ4n) is 2.22. The molecule has 0 bridgehead atoms. The van der Waals surface area contributed by atoms with E-state index in [1.807, 2.05) is 0 Å². The van der Waals surface area contributed by atoms with Gasteiger partial charge in [-0.05, 0) is 42.7 Å². The highest BCUT2D eigenvalue weighted by Crippen LogP contribution is 2.16. The van der Waals surface area contributed by atoms with Crippen LogP contribution in [-0.4, -0.2) is 5.91 Å². The van der Waals surface area contributed by atoms with Crippen molar-refractivity contribution in [1.82, 2.24) is 5.32 Å². The predicted molar refractivity (Wildman–Crippen MR) is 81.3 cm³/mol. The molecule has 4 N–H and O–H groups in total. The Labute approximate surface area is 123 Å². The molecule has 0 saturated heterocycles. The van der Waals surface area contributed by atoms with Gasteiger partial charge in [-0.15, -0.1) is 0 Å². The molecule has 0 aromatic heterocycles. The number of anilines is 1. The minimum atomic E-state index is -0.233. The van der Waals surface area contributed by atoms with E-state index in [1.165, 1.54) is 0 Å². The number of benzene rings is 2. The lowest BCUT2D eigenvalue weighted by atomic mass is 10.1. The molecule has 2 rings (SSSR count). The SMILES string of the molecule is Cc1cc(CNC(=O)c2ccccc2NN)cc(C)c1F. The Balaban J connectivity index is 2.11. The molecular formula is C16H18FN3O. The summed E-state index contributed by atoms with van der Waals surface area (Å²) in [6, 6.07) is 10.4. The number of carbonyl (C=O) groups is 1. The van der Waals surface area contributed by atoms with E-state index in [0.717, 1.165) is 5.56 Å². The summed E-state index contributed by atoms with van der Waals surface area (Å²) in [6.45, 7) is 3.75. The maximum Gasteiger partial charge on any atom is 0.253 e. The van der Waals surface area contributed by atoms with Crippen molar-refractivity contribution in [1.29, 1.82) is 0 Å². The second-order valence-corrected chi connectivity index (χ2v) is 4.92. The number of rotatable bonds is 4. The molecule has 2 aromatic carbocycles. The summed E-state index contributed by atoms with van der Waals surface area (Å²) in [7, 11) is 0. The maximum absolute atomic E-state index is 13.6. The number of hydrogen-bond acceptors (Lipinski definition) is 3. The van der Waals surface area contributed by atoms with Crippen LogP contribution in [0, 0.1) is 19.7 Å². The van der Waals surface area contributed by atoms with Gasteiger partial charge in [-0.3, -0.25) is 10.6 Å². The number of hydrogen-bond donors (Lipinski definition) is 3. The second-order valence-electron chi connectivity index (χ2n) is 4.92. The van der Waals surface area contributed by atoms with Crippen LogP contribution in [0.3, 0.4) is 0 Å². The van der Waals surface area contributed by atoms with Crippen molar-refractivity contribution in [2.45, 2.75) is 20.4 Å². The van der Waals surface area contributed by atoms with E-state index in [1.54, 1.807) is 50.2 Å². The second kappa shape index (κ2) is 6.37. The van der Waals surface area contributed by atoms with E-state index in [4.69, 9.17) is 5.84 Å². The van der Waals surface area contributed by atoms with Gasteiger partial charge in [-0.1, -0.05) is 24.3 Å². The number of halogens is 1. The summed E-state index contributed by atoms with van der Waals surface area (Å²) in [5.41, 5.74) is 5.52. The van der Waals surface area contributed by atoms with Gasteiger partial charge in [0.15, 0.2) is 0 Å². The zero-order valence-electron chi connectivity index (χ0n) is 12.0. The third-order valence-corrected chi connectivity index (χ3v) is 3.28. The highest BCUT2D eigenvalue weighted by atomic mass is 19.1. The number of nitrogens with one attached hydrogen (secondary N) is 2. The third kappa shape index (κ3) is 3.38. The van der Waals surface area contributed by atoms with Crippen LogP contribution >= 0.6 is 0 Å².